The molecule has 0 radical (unpaired) electrons. The van der Waals surface area contributed by atoms with E-state index >= 15 is 0 Å². The molecule has 0 saturated carbocycles. The summed E-state index contributed by atoms with van der Waals surface area (Å²) < 4.78 is 7.00. The van der Waals surface area contributed by atoms with Crippen molar-refractivity contribution in [2.75, 3.05) is 20.3 Å². The summed E-state index contributed by atoms with van der Waals surface area (Å²) >= 11 is 0. The third-order valence-corrected chi connectivity index (χ3v) is 4.18. The largest absolute Gasteiger partial charge is 0.385 e. The number of amides is 1. The topological polar surface area (TPSA) is 60.3 Å². The zero-order valence-electron chi connectivity index (χ0n) is 12.9. The molecular formula is C17H20N2O3. The van der Waals surface area contributed by atoms with Crippen molar-refractivity contribution in [1.82, 2.24) is 9.88 Å². The zero-order chi connectivity index (χ0) is 15.7. The minimum Gasteiger partial charge on any atom is -0.385 e. The molecule has 1 aliphatic rings. The van der Waals surface area contributed by atoms with Crippen molar-refractivity contribution in [3.8, 4) is 0 Å². The third kappa shape index (κ3) is 2.41. The lowest BCUT2D eigenvalue weighted by molar-refractivity contribution is 0.0947. The number of para-hydroxylation sites is 1. The number of aromatic nitrogens is 1. The number of pyridine rings is 1. The summed E-state index contributed by atoms with van der Waals surface area (Å²) in [5.74, 6) is -0.309. The van der Waals surface area contributed by atoms with Crippen molar-refractivity contribution >= 4 is 16.8 Å². The summed E-state index contributed by atoms with van der Waals surface area (Å²) in [6, 6.07) is 6.01. The van der Waals surface area contributed by atoms with Crippen LogP contribution in [0.5, 0.6) is 0 Å². The van der Waals surface area contributed by atoms with E-state index in [2.05, 4.69) is 16.8 Å². The molecule has 22 heavy (non-hydrogen) atoms. The molecule has 3 rings (SSSR count). The fourth-order valence-corrected chi connectivity index (χ4v) is 3.09. The number of hydrogen-bond acceptors (Lipinski definition) is 3. The highest BCUT2D eigenvalue weighted by molar-refractivity contribution is 5.98. The molecule has 2 heterocycles. The van der Waals surface area contributed by atoms with Crippen LogP contribution in [0.25, 0.3) is 10.9 Å². The molecule has 0 fully saturated rings. The van der Waals surface area contributed by atoms with E-state index in [1.807, 2.05) is 12.1 Å². The second kappa shape index (κ2) is 5.93. The molecule has 1 N–H and O–H groups in total. The van der Waals surface area contributed by atoms with E-state index < -0.39 is 0 Å². The number of carbonyl (C=O) groups excluding carboxylic acids is 1. The highest BCUT2D eigenvalue weighted by Gasteiger charge is 2.24. The first kappa shape index (κ1) is 14.8. The van der Waals surface area contributed by atoms with Crippen LogP contribution in [0.15, 0.2) is 29.2 Å². The molecule has 5 nitrogen and oxygen atoms in total. The van der Waals surface area contributed by atoms with Crippen molar-refractivity contribution in [2.45, 2.75) is 25.8 Å². The van der Waals surface area contributed by atoms with Crippen LogP contribution in [-0.4, -0.2) is 30.7 Å². The lowest BCUT2D eigenvalue weighted by Crippen LogP contribution is -2.30. The van der Waals surface area contributed by atoms with Gasteiger partial charge in [0.05, 0.1) is 5.52 Å². The maximum Gasteiger partial charge on any atom is 0.256 e. The van der Waals surface area contributed by atoms with Crippen LogP contribution in [0.1, 0.15) is 35.3 Å². The Balaban J connectivity index is 1.97. The van der Waals surface area contributed by atoms with Gasteiger partial charge in [-0.3, -0.25) is 9.59 Å². The molecule has 0 aliphatic carbocycles. The van der Waals surface area contributed by atoms with Crippen LogP contribution in [0.4, 0.5) is 0 Å². The Morgan fingerprint density at radius 2 is 2.27 bits per heavy atom. The van der Waals surface area contributed by atoms with Crippen molar-refractivity contribution in [3.05, 3.63) is 45.7 Å². The Bertz CT molecular complexity index is 779. The SMILES string of the molecule is COCCCNC(=O)c1cn2c3c(cccc3c1=O)C[C@@H]2C. The Labute approximate surface area is 128 Å². The van der Waals surface area contributed by atoms with Gasteiger partial charge in [-0.2, -0.15) is 0 Å². The van der Waals surface area contributed by atoms with Crippen molar-refractivity contribution < 1.29 is 9.53 Å². The van der Waals surface area contributed by atoms with E-state index in [1.165, 1.54) is 5.56 Å². The summed E-state index contributed by atoms with van der Waals surface area (Å²) in [6.07, 6.45) is 3.33. The van der Waals surface area contributed by atoms with Gasteiger partial charge in [0.15, 0.2) is 0 Å². The highest BCUT2D eigenvalue weighted by atomic mass is 16.5. The summed E-state index contributed by atoms with van der Waals surface area (Å²) in [4.78, 5) is 24.9. The smallest absolute Gasteiger partial charge is 0.256 e. The Kier molecular flexibility index (Phi) is 3.98. The van der Waals surface area contributed by atoms with Crippen LogP contribution >= 0.6 is 0 Å². The lowest BCUT2D eigenvalue weighted by atomic mass is 10.1. The second-order valence-electron chi connectivity index (χ2n) is 5.75. The first-order valence-electron chi connectivity index (χ1n) is 7.57. The van der Waals surface area contributed by atoms with Gasteiger partial charge >= 0.3 is 0 Å². The van der Waals surface area contributed by atoms with Crippen LogP contribution in [-0.2, 0) is 11.2 Å². The van der Waals surface area contributed by atoms with E-state index in [1.54, 1.807) is 19.4 Å². The minimum atomic E-state index is -0.309. The number of carbonyl (C=O) groups is 1. The van der Waals surface area contributed by atoms with Gasteiger partial charge in [0.2, 0.25) is 5.43 Å². The first-order valence-corrected chi connectivity index (χ1v) is 7.57. The van der Waals surface area contributed by atoms with Gasteiger partial charge in [0, 0.05) is 37.9 Å². The highest BCUT2D eigenvalue weighted by Crippen LogP contribution is 2.30. The monoisotopic (exact) mass is 300 g/mol. The van der Waals surface area contributed by atoms with E-state index in [0.29, 0.717) is 18.5 Å². The molecule has 2 aromatic rings. The molecule has 1 aromatic carbocycles. The molecule has 1 aromatic heterocycles. The Hall–Kier alpha value is -2.14. The average Bonchev–Trinajstić information content (AvgIpc) is 2.83. The summed E-state index contributed by atoms with van der Waals surface area (Å²) in [5.41, 5.74) is 2.17. The fraction of sp³-hybridized carbons (Fsp3) is 0.412. The fourth-order valence-electron chi connectivity index (χ4n) is 3.09. The van der Waals surface area contributed by atoms with E-state index in [-0.39, 0.29) is 22.9 Å². The van der Waals surface area contributed by atoms with Crippen molar-refractivity contribution in [3.63, 3.8) is 0 Å². The summed E-state index contributed by atoms with van der Waals surface area (Å²) in [5, 5.41) is 3.42. The molecule has 1 aliphatic heterocycles. The summed E-state index contributed by atoms with van der Waals surface area (Å²) in [7, 11) is 1.62. The molecule has 1 amide bonds. The molecule has 5 heteroatoms. The van der Waals surface area contributed by atoms with Gasteiger partial charge in [-0.25, -0.2) is 0 Å². The van der Waals surface area contributed by atoms with Crippen molar-refractivity contribution in [2.24, 2.45) is 0 Å². The molecule has 0 saturated heterocycles. The number of methoxy groups -OCH3 is 1. The number of rotatable bonds is 5. The molecule has 1 atom stereocenters. The van der Waals surface area contributed by atoms with Gasteiger partial charge in [0.25, 0.3) is 5.91 Å². The molecular weight excluding hydrogens is 280 g/mol. The van der Waals surface area contributed by atoms with Gasteiger partial charge in [-0.05, 0) is 31.4 Å². The number of nitrogens with one attached hydrogen (secondary N) is 1. The first-order chi connectivity index (χ1) is 10.6. The van der Waals surface area contributed by atoms with Gasteiger partial charge in [0.1, 0.15) is 5.56 Å². The molecule has 0 bridgehead atoms. The van der Waals surface area contributed by atoms with Crippen LogP contribution in [0.2, 0.25) is 0 Å². The molecule has 0 unspecified atom stereocenters. The van der Waals surface area contributed by atoms with E-state index in [9.17, 15) is 9.59 Å². The quantitative estimate of drug-likeness (QED) is 0.858. The number of ether oxygens (including phenoxy) is 1. The Morgan fingerprint density at radius 1 is 1.45 bits per heavy atom. The number of nitrogens with zero attached hydrogens (tertiary/aromatic N) is 1. The maximum atomic E-state index is 12.6. The van der Waals surface area contributed by atoms with Crippen molar-refractivity contribution in [1.29, 1.82) is 0 Å². The maximum absolute atomic E-state index is 12.6. The lowest BCUT2D eigenvalue weighted by Gasteiger charge is -2.12. The standard InChI is InChI=1S/C17H20N2O3/c1-11-9-12-5-3-6-13-15(12)19(11)10-14(16(13)20)17(21)18-7-4-8-22-2/h3,5-6,10-11H,4,7-9H2,1-2H3,(H,18,21)/t11-/m0/s1. The average molecular weight is 300 g/mol. The normalized spacial score (nSPS) is 16.2. The molecule has 116 valence electrons. The van der Waals surface area contributed by atoms with Gasteiger partial charge in [-0.1, -0.05) is 12.1 Å². The van der Waals surface area contributed by atoms with Gasteiger partial charge in [-0.15, -0.1) is 0 Å². The second-order valence-corrected chi connectivity index (χ2v) is 5.75. The van der Waals surface area contributed by atoms with Crippen LogP contribution in [0, 0.1) is 0 Å². The van der Waals surface area contributed by atoms with E-state index in [4.69, 9.17) is 4.74 Å². The van der Waals surface area contributed by atoms with Gasteiger partial charge < -0.3 is 14.6 Å². The Morgan fingerprint density at radius 3 is 3.05 bits per heavy atom. The van der Waals surface area contributed by atoms with E-state index in [0.717, 1.165) is 18.4 Å². The van der Waals surface area contributed by atoms with Crippen LogP contribution in [0.3, 0.4) is 0 Å². The number of hydrogen-bond donors (Lipinski definition) is 1. The van der Waals surface area contributed by atoms with Crippen LogP contribution < -0.4 is 10.7 Å². The third-order valence-electron chi connectivity index (χ3n) is 4.18. The minimum absolute atomic E-state index is 0.188. The number of benzene rings is 1. The predicted molar refractivity (Wildman–Crippen MR) is 85.4 cm³/mol. The summed E-state index contributed by atoms with van der Waals surface area (Å²) in [6.45, 7) is 3.19. The molecule has 0 spiro atoms. The zero-order valence-corrected chi connectivity index (χ0v) is 12.9. The predicted octanol–water partition coefficient (Wildman–Crippen LogP) is 1.88.